The molecule has 120 valence electrons. The first kappa shape index (κ1) is 13.4. The number of thioether (sulfide) groups is 1. The first-order valence-corrected chi connectivity index (χ1v) is 11.3. The van der Waals surface area contributed by atoms with E-state index in [-0.39, 0.29) is 0 Å². The van der Waals surface area contributed by atoms with E-state index in [1.54, 1.807) is 25.7 Å². The van der Waals surface area contributed by atoms with Crippen LogP contribution in [-0.4, -0.2) is 11.0 Å². The largest absolute Gasteiger partial charge is 0.154 e. The minimum absolute atomic E-state index is 0.573. The molecule has 2 bridgehead atoms. The van der Waals surface area contributed by atoms with Crippen molar-refractivity contribution >= 4 is 11.8 Å². The second-order valence-corrected chi connectivity index (χ2v) is 10.8. The second-order valence-electron chi connectivity index (χ2n) is 9.57. The normalized spacial score (nSPS) is 56.5. The Bertz CT molecular complexity index is 516. The van der Waals surface area contributed by atoms with Gasteiger partial charge < -0.3 is 0 Å². The molecule has 1 spiro atoms. The molecule has 0 aromatic rings. The number of fused-ring (bicyclic) bond motifs is 6. The predicted octanol–water partition coefficient (Wildman–Crippen LogP) is 5.68. The van der Waals surface area contributed by atoms with E-state index in [9.17, 15) is 0 Å². The van der Waals surface area contributed by atoms with Crippen LogP contribution in [0.1, 0.15) is 64.2 Å². The molecule has 6 atom stereocenters. The Morgan fingerprint density at radius 3 is 2.00 bits per heavy atom. The van der Waals surface area contributed by atoms with Gasteiger partial charge in [-0.05, 0) is 92.1 Å². The lowest BCUT2D eigenvalue weighted by Crippen LogP contribution is -2.55. The van der Waals surface area contributed by atoms with E-state index in [4.69, 9.17) is 0 Å². The molecule has 6 aliphatic rings. The molecule has 5 saturated carbocycles. The van der Waals surface area contributed by atoms with Crippen molar-refractivity contribution in [2.24, 2.45) is 40.9 Å². The summed E-state index contributed by atoms with van der Waals surface area (Å²) in [6.45, 7) is 0. The Morgan fingerprint density at radius 2 is 1.50 bits per heavy atom. The zero-order valence-corrected chi connectivity index (χ0v) is 14.8. The van der Waals surface area contributed by atoms with Crippen molar-refractivity contribution in [2.45, 2.75) is 69.0 Å². The van der Waals surface area contributed by atoms with Gasteiger partial charge in [-0.1, -0.05) is 30.9 Å². The molecule has 0 amide bonds. The highest BCUT2D eigenvalue weighted by atomic mass is 32.2. The van der Waals surface area contributed by atoms with Crippen molar-refractivity contribution in [3.8, 4) is 0 Å². The summed E-state index contributed by atoms with van der Waals surface area (Å²) in [5.41, 5.74) is 2.63. The summed E-state index contributed by atoms with van der Waals surface area (Å²) in [6.07, 6.45) is 20.6. The highest BCUT2D eigenvalue weighted by molar-refractivity contribution is 8.00. The summed E-state index contributed by atoms with van der Waals surface area (Å²) < 4.78 is 0.573. The van der Waals surface area contributed by atoms with Gasteiger partial charge in [-0.25, -0.2) is 0 Å². The molecule has 5 fully saturated rings. The molecular weight excluding hydrogens is 284 g/mol. The third-order valence-electron chi connectivity index (χ3n) is 9.49. The smallest absolute Gasteiger partial charge is 0.0365 e. The van der Waals surface area contributed by atoms with E-state index in [0.29, 0.717) is 4.75 Å². The number of hydrogen-bond donors (Lipinski definition) is 0. The van der Waals surface area contributed by atoms with Gasteiger partial charge in [-0.3, -0.25) is 0 Å². The fourth-order valence-corrected chi connectivity index (χ4v) is 9.60. The van der Waals surface area contributed by atoms with Crippen LogP contribution in [0.4, 0.5) is 0 Å². The summed E-state index contributed by atoms with van der Waals surface area (Å²) >= 11 is 2.20. The Hall–Kier alpha value is 0.0900. The van der Waals surface area contributed by atoms with Crippen LogP contribution < -0.4 is 0 Å². The van der Waals surface area contributed by atoms with Crippen molar-refractivity contribution in [1.82, 2.24) is 0 Å². The molecule has 0 nitrogen and oxygen atoms in total. The van der Waals surface area contributed by atoms with Crippen LogP contribution in [0.5, 0.6) is 0 Å². The maximum absolute atomic E-state index is 2.91. The van der Waals surface area contributed by atoms with Crippen LogP contribution in [0, 0.1) is 40.9 Å². The van der Waals surface area contributed by atoms with E-state index in [1.807, 2.05) is 5.57 Å². The van der Waals surface area contributed by atoms with Gasteiger partial charge in [-0.15, -0.1) is 0 Å². The first-order chi connectivity index (χ1) is 10.8. The van der Waals surface area contributed by atoms with E-state index in [0.717, 1.165) is 17.3 Å². The highest BCUT2D eigenvalue weighted by Gasteiger charge is 2.74. The standard InChI is InChI=1S/C21H30S/c1-22-21(9-3-2-4-10-21)13-11-20(12-13)16-7-8-17(20)19-15-6-5-14(15)18(16)19/h11,14-19H,2-10,12H2,1H3. The summed E-state index contributed by atoms with van der Waals surface area (Å²) in [5, 5.41) is 0. The fourth-order valence-electron chi connectivity index (χ4n) is 8.51. The van der Waals surface area contributed by atoms with Crippen LogP contribution in [0.2, 0.25) is 0 Å². The number of allylic oxidation sites excluding steroid dienone is 1. The zero-order chi connectivity index (χ0) is 14.5. The van der Waals surface area contributed by atoms with E-state index in [1.165, 1.54) is 62.2 Å². The zero-order valence-electron chi connectivity index (χ0n) is 14.0. The van der Waals surface area contributed by atoms with Crippen molar-refractivity contribution in [3.05, 3.63) is 11.6 Å². The molecule has 0 aromatic heterocycles. The molecule has 0 radical (unpaired) electrons. The van der Waals surface area contributed by atoms with Gasteiger partial charge in [0.05, 0.1) is 0 Å². The van der Waals surface area contributed by atoms with Gasteiger partial charge in [0.1, 0.15) is 0 Å². The summed E-state index contributed by atoms with van der Waals surface area (Å²) in [7, 11) is 0. The fraction of sp³-hybridized carbons (Fsp3) is 0.905. The highest BCUT2D eigenvalue weighted by Crippen LogP contribution is 2.81. The molecule has 1 heteroatoms. The molecular formula is C21H30S. The van der Waals surface area contributed by atoms with Crippen molar-refractivity contribution < 1.29 is 0 Å². The van der Waals surface area contributed by atoms with Crippen LogP contribution in [-0.2, 0) is 0 Å². The molecule has 0 heterocycles. The van der Waals surface area contributed by atoms with Crippen molar-refractivity contribution in [3.63, 3.8) is 0 Å². The van der Waals surface area contributed by atoms with Gasteiger partial charge in [0.2, 0.25) is 0 Å². The van der Waals surface area contributed by atoms with Gasteiger partial charge in [0.25, 0.3) is 0 Å². The van der Waals surface area contributed by atoms with Crippen molar-refractivity contribution in [2.75, 3.05) is 6.26 Å². The monoisotopic (exact) mass is 314 g/mol. The summed E-state index contributed by atoms with van der Waals surface area (Å²) in [6, 6.07) is 0. The van der Waals surface area contributed by atoms with Crippen LogP contribution in [0.3, 0.4) is 0 Å². The Kier molecular flexibility index (Phi) is 2.55. The Balaban J connectivity index is 1.33. The minimum Gasteiger partial charge on any atom is -0.154 e. The Morgan fingerprint density at radius 1 is 0.909 bits per heavy atom. The Labute approximate surface area is 139 Å². The maximum atomic E-state index is 2.91. The quantitative estimate of drug-likeness (QED) is 0.591. The second kappa shape index (κ2) is 4.19. The van der Waals surface area contributed by atoms with Crippen molar-refractivity contribution in [1.29, 1.82) is 0 Å². The average molecular weight is 315 g/mol. The summed E-state index contributed by atoms with van der Waals surface area (Å²) in [5.74, 6) is 7.00. The maximum Gasteiger partial charge on any atom is 0.0365 e. The molecule has 22 heavy (non-hydrogen) atoms. The number of rotatable bonds is 2. The van der Waals surface area contributed by atoms with Crippen LogP contribution in [0.15, 0.2) is 11.6 Å². The lowest BCUT2D eigenvalue weighted by molar-refractivity contribution is -0.129. The van der Waals surface area contributed by atoms with E-state index in [2.05, 4.69) is 24.1 Å². The molecule has 0 aromatic carbocycles. The average Bonchev–Trinajstić information content (AvgIpc) is 2.96. The molecule has 6 unspecified atom stereocenters. The van der Waals surface area contributed by atoms with Gasteiger partial charge in [-0.2, -0.15) is 11.8 Å². The van der Waals surface area contributed by atoms with E-state index >= 15 is 0 Å². The number of hydrogen-bond acceptors (Lipinski definition) is 1. The van der Waals surface area contributed by atoms with Gasteiger partial charge >= 0.3 is 0 Å². The van der Waals surface area contributed by atoms with Gasteiger partial charge in [0, 0.05) is 4.75 Å². The topological polar surface area (TPSA) is 0 Å². The lowest BCUT2D eigenvalue weighted by atomic mass is 9.44. The summed E-state index contributed by atoms with van der Waals surface area (Å²) in [4.78, 5) is 0. The molecule has 0 saturated heterocycles. The van der Waals surface area contributed by atoms with Crippen LogP contribution in [0.25, 0.3) is 0 Å². The predicted molar refractivity (Wildman–Crippen MR) is 93.9 cm³/mol. The SMILES string of the molecule is CSC1(C2=CC3(C2)C2CCC3C3C4CCC4C32)CCCCC1. The molecule has 6 aliphatic carbocycles. The third-order valence-corrected chi connectivity index (χ3v) is 10.9. The molecule has 0 aliphatic heterocycles. The van der Waals surface area contributed by atoms with Crippen LogP contribution >= 0.6 is 11.8 Å². The lowest BCUT2D eigenvalue weighted by Gasteiger charge is -2.61. The minimum atomic E-state index is 0.573. The van der Waals surface area contributed by atoms with Gasteiger partial charge in [0.15, 0.2) is 0 Å². The van der Waals surface area contributed by atoms with E-state index < -0.39 is 0 Å². The first-order valence-electron chi connectivity index (χ1n) is 10.1. The third kappa shape index (κ3) is 1.30. The molecule has 0 N–H and O–H groups in total. The molecule has 6 rings (SSSR count).